The summed E-state index contributed by atoms with van der Waals surface area (Å²) in [4.78, 5) is -2.41. The fraction of sp³-hybridized carbons (Fsp3) is 0.0714. The number of anilines is 1. The SMILES string of the molecule is NOS(=O)(=O)CCNc1ccc2cc(S(=O)(=O)O)c(/N=N/c3ccc(/N=N/c4ccc5cc(S(=O)(=O)O)cc(S(=O)(=O)O)c5c4)cc3O)c(O)c2c1. The van der Waals surface area contributed by atoms with Gasteiger partial charge in [0, 0.05) is 29.1 Å². The van der Waals surface area contributed by atoms with Gasteiger partial charge < -0.3 is 15.5 Å². The van der Waals surface area contributed by atoms with Gasteiger partial charge in [-0.3, -0.25) is 13.7 Å². The van der Waals surface area contributed by atoms with Crippen molar-refractivity contribution < 1.29 is 61.8 Å². The number of azo groups is 2. The lowest BCUT2D eigenvalue weighted by Gasteiger charge is -2.11. The molecule has 8 N–H and O–H groups in total. The number of rotatable bonds is 12. The Labute approximate surface area is 294 Å². The molecule has 0 saturated carbocycles. The first-order chi connectivity index (χ1) is 24.2. The van der Waals surface area contributed by atoms with E-state index in [1.807, 2.05) is 0 Å². The number of nitrogens with zero attached hydrogens (tertiary/aromatic N) is 4. The molecule has 0 aliphatic rings. The molecule has 24 heteroatoms. The van der Waals surface area contributed by atoms with Gasteiger partial charge in [0.1, 0.15) is 26.9 Å². The van der Waals surface area contributed by atoms with Crippen molar-refractivity contribution in [1.82, 2.24) is 0 Å². The molecule has 0 aliphatic heterocycles. The van der Waals surface area contributed by atoms with E-state index in [4.69, 9.17) is 5.90 Å². The fourth-order valence-electron chi connectivity index (χ4n) is 4.70. The molecule has 0 aliphatic carbocycles. The summed E-state index contributed by atoms with van der Waals surface area (Å²) in [5, 5.41) is 39.8. The Morgan fingerprint density at radius 1 is 0.635 bits per heavy atom. The van der Waals surface area contributed by atoms with Crippen LogP contribution in [0.4, 0.5) is 28.4 Å². The molecule has 0 saturated heterocycles. The van der Waals surface area contributed by atoms with Crippen LogP contribution in [0.3, 0.4) is 0 Å². The van der Waals surface area contributed by atoms with Crippen LogP contribution in [-0.2, 0) is 44.8 Å². The van der Waals surface area contributed by atoms with Gasteiger partial charge in [-0.05, 0) is 65.4 Å². The van der Waals surface area contributed by atoms with Crippen molar-refractivity contribution in [2.24, 2.45) is 26.4 Å². The normalized spacial score (nSPS) is 13.1. The van der Waals surface area contributed by atoms with Gasteiger partial charge in [-0.25, -0.2) is 0 Å². The van der Waals surface area contributed by atoms with E-state index in [1.165, 1.54) is 48.5 Å². The second-order valence-corrected chi connectivity index (χ2v) is 16.5. The van der Waals surface area contributed by atoms with Gasteiger partial charge in [-0.2, -0.15) is 54.1 Å². The molecule has 0 bridgehead atoms. The lowest BCUT2D eigenvalue weighted by Crippen LogP contribution is -2.20. The average molecular weight is 797 g/mol. The molecule has 0 amide bonds. The number of hydrogen-bond acceptors (Lipinski definition) is 17. The number of phenols is 2. The molecular formula is C28H24N6O14S4. The van der Waals surface area contributed by atoms with Crippen LogP contribution in [0.5, 0.6) is 11.5 Å². The third-order valence-electron chi connectivity index (χ3n) is 7.11. The van der Waals surface area contributed by atoms with Crippen LogP contribution in [0.15, 0.2) is 108 Å². The topological polar surface area (TPSA) is 334 Å². The maximum Gasteiger partial charge on any atom is 0.296 e. The highest BCUT2D eigenvalue weighted by Crippen LogP contribution is 2.43. The first-order valence-electron chi connectivity index (χ1n) is 14.0. The first kappa shape index (κ1) is 38.1. The summed E-state index contributed by atoms with van der Waals surface area (Å²) in [6, 6.07) is 14.0. The molecule has 0 spiro atoms. The van der Waals surface area contributed by atoms with Crippen LogP contribution in [0.25, 0.3) is 21.5 Å². The zero-order valence-corrected chi connectivity index (χ0v) is 29.0. The largest absolute Gasteiger partial charge is 0.506 e. The number of nitrogens with one attached hydrogen (secondary N) is 1. The summed E-state index contributed by atoms with van der Waals surface area (Å²) < 4.78 is 127. The summed E-state index contributed by atoms with van der Waals surface area (Å²) in [6.07, 6.45) is 0. The molecule has 0 heterocycles. The standard InChI is InChI=1S/C28H24N6O14S4/c29-48-49(37,38)8-7-30-17-3-1-16-10-26(52(45,46)47)27(28(36)22(16)11-17)34-33-23-6-5-19(13-24(23)35)32-31-18-4-2-15-9-20(50(39,40)41)14-25(21(15)12-18)51(42,43)44/h1-6,9-14,30,35-36H,7-8,29H2,(H,39,40,41)(H,42,43,44)(H,45,46,47)/b32-31+,34-33+. The van der Waals surface area contributed by atoms with Crippen molar-refractivity contribution in [2.45, 2.75) is 14.7 Å². The number of nitrogens with two attached hydrogens (primary N) is 1. The summed E-state index contributed by atoms with van der Waals surface area (Å²) in [7, 11) is -18.7. The predicted molar refractivity (Wildman–Crippen MR) is 183 cm³/mol. The molecule has 20 nitrogen and oxygen atoms in total. The molecule has 5 aromatic rings. The molecular weight excluding hydrogens is 773 g/mol. The van der Waals surface area contributed by atoms with E-state index in [2.05, 4.69) is 30.1 Å². The van der Waals surface area contributed by atoms with E-state index in [0.717, 1.165) is 18.2 Å². The molecule has 0 radical (unpaired) electrons. The van der Waals surface area contributed by atoms with Crippen molar-refractivity contribution in [2.75, 3.05) is 17.6 Å². The molecule has 0 unspecified atom stereocenters. The average Bonchev–Trinajstić information content (AvgIpc) is 3.05. The number of benzene rings is 5. The van der Waals surface area contributed by atoms with Gasteiger partial charge in [-0.15, -0.1) is 10.2 Å². The molecule has 274 valence electrons. The summed E-state index contributed by atoms with van der Waals surface area (Å²) >= 11 is 0. The Kier molecular flexibility index (Phi) is 10.3. The van der Waals surface area contributed by atoms with Gasteiger partial charge in [-0.1, -0.05) is 12.1 Å². The van der Waals surface area contributed by atoms with E-state index in [-0.39, 0.29) is 45.2 Å². The summed E-state index contributed by atoms with van der Waals surface area (Å²) in [5.74, 6) is 2.92. The van der Waals surface area contributed by atoms with Crippen molar-refractivity contribution in [1.29, 1.82) is 0 Å². The van der Waals surface area contributed by atoms with E-state index < -0.39 is 78.1 Å². The Bertz CT molecular complexity index is 2780. The molecule has 0 fully saturated rings. The predicted octanol–water partition coefficient (Wildman–Crippen LogP) is 4.61. The van der Waals surface area contributed by atoms with Gasteiger partial charge in [0.05, 0.1) is 22.0 Å². The minimum Gasteiger partial charge on any atom is -0.506 e. The lowest BCUT2D eigenvalue weighted by molar-refractivity contribution is 0.333. The Balaban J connectivity index is 1.45. The highest BCUT2D eigenvalue weighted by Gasteiger charge is 2.23. The van der Waals surface area contributed by atoms with E-state index >= 15 is 0 Å². The Hall–Kier alpha value is -5.18. The molecule has 5 rings (SSSR count). The second kappa shape index (κ2) is 14.1. The zero-order valence-electron chi connectivity index (χ0n) is 25.8. The molecule has 0 aromatic heterocycles. The smallest absolute Gasteiger partial charge is 0.296 e. The van der Waals surface area contributed by atoms with Crippen LogP contribution in [0.2, 0.25) is 0 Å². The third kappa shape index (κ3) is 8.64. The molecule has 5 aromatic carbocycles. The summed E-state index contributed by atoms with van der Waals surface area (Å²) in [5.41, 5.74) is -0.604. The highest BCUT2D eigenvalue weighted by atomic mass is 32.2. The molecule has 52 heavy (non-hydrogen) atoms. The van der Waals surface area contributed by atoms with Crippen LogP contribution < -0.4 is 11.2 Å². The van der Waals surface area contributed by atoms with Crippen molar-refractivity contribution in [3.05, 3.63) is 72.8 Å². The van der Waals surface area contributed by atoms with Crippen molar-refractivity contribution in [3.8, 4) is 11.5 Å². The quantitative estimate of drug-likeness (QED) is 0.0515. The van der Waals surface area contributed by atoms with Crippen molar-refractivity contribution in [3.63, 3.8) is 0 Å². The minimum absolute atomic E-state index is 0.0197. The highest BCUT2D eigenvalue weighted by molar-refractivity contribution is 7.87. The van der Waals surface area contributed by atoms with Crippen LogP contribution in [-0.4, -0.2) is 69.8 Å². The summed E-state index contributed by atoms with van der Waals surface area (Å²) in [6.45, 7) is -0.145. The number of phenolic OH excluding ortho intramolecular Hbond substituents is 2. The second-order valence-electron chi connectivity index (χ2n) is 10.6. The first-order valence-corrected chi connectivity index (χ1v) is 19.9. The Morgan fingerprint density at radius 3 is 1.87 bits per heavy atom. The van der Waals surface area contributed by atoms with Crippen LogP contribution in [0.1, 0.15) is 0 Å². The van der Waals surface area contributed by atoms with E-state index in [0.29, 0.717) is 11.8 Å². The van der Waals surface area contributed by atoms with Crippen LogP contribution in [0, 0.1) is 0 Å². The van der Waals surface area contributed by atoms with Crippen molar-refractivity contribution >= 4 is 90.5 Å². The monoisotopic (exact) mass is 796 g/mol. The number of hydrogen-bond donors (Lipinski definition) is 7. The van der Waals surface area contributed by atoms with E-state index in [1.54, 1.807) is 0 Å². The van der Waals surface area contributed by atoms with Gasteiger partial charge in [0.2, 0.25) is 0 Å². The lowest BCUT2D eigenvalue weighted by atomic mass is 10.1. The third-order valence-corrected chi connectivity index (χ3v) is 10.7. The van der Waals surface area contributed by atoms with Crippen LogP contribution >= 0.6 is 0 Å². The minimum atomic E-state index is -4.98. The number of aromatic hydroxyl groups is 2. The van der Waals surface area contributed by atoms with Gasteiger partial charge in [0.25, 0.3) is 40.5 Å². The zero-order chi connectivity index (χ0) is 38.2. The maximum atomic E-state index is 12.2. The molecule has 0 atom stereocenters. The Morgan fingerprint density at radius 2 is 1.25 bits per heavy atom. The number of fused-ring (bicyclic) bond motifs is 2. The van der Waals surface area contributed by atoms with Gasteiger partial charge in [0.15, 0.2) is 5.75 Å². The fourth-order valence-corrected chi connectivity index (χ4v) is 7.15. The van der Waals surface area contributed by atoms with Gasteiger partial charge >= 0.3 is 0 Å². The maximum absolute atomic E-state index is 12.2. The van der Waals surface area contributed by atoms with E-state index in [9.17, 15) is 57.5 Å².